The molecule has 0 radical (unpaired) electrons. The van der Waals surface area contributed by atoms with Crippen LogP contribution in [0.3, 0.4) is 0 Å². The van der Waals surface area contributed by atoms with Gasteiger partial charge in [0.25, 0.3) is 0 Å². The highest BCUT2D eigenvalue weighted by atomic mass is 14.9. The number of rotatable bonds is 3. The van der Waals surface area contributed by atoms with E-state index in [0.29, 0.717) is 0 Å². The zero-order valence-electron chi connectivity index (χ0n) is 16.3. The molecule has 0 bridgehead atoms. The summed E-state index contributed by atoms with van der Waals surface area (Å²) in [6.45, 7) is 11.8. The molecule has 0 unspecified atom stereocenters. The van der Waals surface area contributed by atoms with Gasteiger partial charge in [-0.1, -0.05) is 39.8 Å². The predicted octanol–water partition coefficient (Wildman–Crippen LogP) is 5.04. The van der Waals surface area contributed by atoms with E-state index < -0.39 is 11.8 Å². The fraction of sp³-hybridized carbons (Fsp3) is 0.450. The molecule has 0 fully saturated rings. The van der Waals surface area contributed by atoms with Crippen molar-refractivity contribution in [2.75, 3.05) is 0 Å². The summed E-state index contributed by atoms with van der Waals surface area (Å²) in [4.78, 5) is 0. The van der Waals surface area contributed by atoms with Crippen molar-refractivity contribution in [3.8, 4) is 11.3 Å². The Labute approximate surface area is 132 Å². The molecule has 0 saturated heterocycles. The molecule has 2 rings (SSSR count). The number of benzene rings is 1. The average Bonchev–Trinajstić information content (AvgIpc) is 2.39. The van der Waals surface area contributed by atoms with Crippen molar-refractivity contribution in [1.82, 2.24) is 0 Å². The normalized spacial score (nSPS) is 13.9. The molecule has 2 aromatic rings. The SMILES string of the molecule is [2H]C(C)(C)c1ccc(-c2cc(C)c(C([2H])(C)C)c[n+]2C)c(C)c1. The summed E-state index contributed by atoms with van der Waals surface area (Å²) in [6.07, 6.45) is 2.07. The highest BCUT2D eigenvalue weighted by Gasteiger charge is 2.17. The van der Waals surface area contributed by atoms with Gasteiger partial charge >= 0.3 is 0 Å². The molecule has 0 spiro atoms. The first kappa shape index (κ1) is 13.1. The standard InChI is InChI=1S/C20H28N/c1-13(2)17-8-9-18(15(5)10-17)20-11-16(6)19(14(3)4)12-21(20)7/h8-14H,1-7H3/q+1/i13D,14D. The second-order valence-electron chi connectivity index (χ2n) is 6.40. The average molecular weight is 284 g/mol. The molecule has 1 nitrogen and oxygen atoms in total. The first-order chi connectivity index (χ1) is 10.4. The fourth-order valence-corrected chi connectivity index (χ4v) is 2.80. The number of aryl methyl sites for hydroxylation is 3. The number of hydrogen-bond donors (Lipinski definition) is 0. The molecule has 1 aromatic carbocycles. The van der Waals surface area contributed by atoms with Crippen LogP contribution in [-0.2, 0) is 7.05 Å². The summed E-state index contributed by atoms with van der Waals surface area (Å²) in [5.41, 5.74) is 6.71. The van der Waals surface area contributed by atoms with Crippen LogP contribution in [0, 0.1) is 13.8 Å². The lowest BCUT2D eigenvalue weighted by atomic mass is 9.94. The topological polar surface area (TPSA) is 3.88 Å². The zero-order valence-corrected chi connectivity index (χ0v) is 14.3. The largest absolute Gasteiger partial charge is 0.212 e. The Kier molecular flexibility index (Phi) is 3.74. The second-order valence-corrected chi connectivity index (χ2v) is 6.40. The lowest BCUT2D eigenvalue weighted by Gasteiger charge is -2.13. The minimum absolute atomic E-state index is 0.583. The van der Waals surface area contributed by atoms with E-state index in [4.69, 9.17) is 2.74 Å². The van der Waals surface area contributed by atoms with Gasteiger partial charge in [-0.2, -0.15) is 0 Å². The van der Waals surface area contributed by atoms with Gasteiger partial charge in [0.1, 0.15) is 7.05 Å². The van der Waals surface area contributed by atoms with Crippen LogP contribution in [0.1, 0.15) is 64.5 Å². The summed E-state index contributed by atoms with van der Waals surface area (Å²) < 4.78 is 18.6. The summed E-state index contributed by atoms with van der Waals surface area (Å²) in [5, 5.41) is 0. The third kappa shape index (κ3) is 3.18. The van der Waals surface area contributed by atoms with Crippen molar-refractivity contribution in [3.63, 3.8) is 0 Å². The maximum Gasteiger partial charge on any atom is 0.212 e. The van der Waals surface area contributed by atoms with Gasteiger partial charge in [-0.05, 0) is 48.4 Å². The van der Waals surface area contributed by atoms with E-state index in [1.807, 2.05) is 40.8 Å². The molecule has 1 aromatic heterocycles. The maximum absolute atomic E-state index is 8.29. The fourth-order valence-electron chi connectivity index (χ4n) is 2.80. The Bertz CT molecular complexity index is 735. The maximum atomic E-state index is 8.29. The Morgan fingerprint density at radius 2 is 1.62 bits per heavy atom. The van der Waals surface area contributed by atoms with E-state index in [9.17, 15) is 0 Å². The third-order valence-corrected chi connectivity index (χ3v) is 4.10. The van der Waals surface area contributed by atoms with Gasteiger partial charge in [0.05, 0.1) is 0 Å². The van der Waals surface area contributed by atoms with Crippen LogP contribution in [0.4, 0.5) is 0 Å². The van der Waals surface area contributed by atoms with Crippen LogP contribution < -0.4 is 4.57 Å². The van der Waals surface area contributed by atoms with Crippen molar-refractivity contribution in [3.05, 3.63) is 52.7 Å². The van der Waals surface area contributed by atoms with Gasteiger partial charge < -0.3 is 0 Å². The van der Waals surface area contributed by atoms with Crippen LogP contribution in [0.5, 0.6) is 0 Å². The molecule has 0 aliphatic heterocycles. The molecular weight excluding hydrogens is 254 g/mol. The smallest absolute Gasteiger partial charge is 0.201 e. The number of aromatic nitrogens is 1. The minimum Gasteiger partial charge on any atom is -0.201 e. The molecule has 0 aliphatic carbocycles. The lowest BCUT2D eigenvalue weighted by molar-refractivity contribution is -0.660. The van der Waals surface area contributed by atoms with Crippen LogP contribution in [0.15, 0.2) is 30.5 Å². The van der Waals surface area contributed by atoms with Gasteiger partial charge in [0.2, 0.25) is 5.69 Å². The van der Waals surface area contributed by atoms with Gasteiger partial charge in [0.15, 0.2) is 6.20 Å². The van der Waals surface area contributed by atoms with Gasteiger partial charge in [-0.15, -0.1) is 0 Å². The molecule has 1 heteroatoms. The van der Waals surface area contributed by atoms with Crippen LogP contribution >= 0.6 is 0 Å². The zero-order chi connectivity index (χ0) is 17.6. The quantitative estimate of drug-likeness (QED) is 0.695. The molecule has 21 heavy (non-hydrogen) atoms. The van der Waals surface area contributed by atoms with Crippen molar-refractivity contribution in [2.45, 2.75) is 53.3 Å². The molecule has 0 N–H and O–H groups in total. The van der Waals surface area contributed by atoms with Crippen LogP contribution in [0.2, 0.25) is 0 Å². The van der Waals surface area contributed by atoms with Gasteiger partial charge in [-0.25, -0.2) is 4.57 Å². The first-order valence-electron chi connectivity index (χ1n) is 8.53. The molecule has 0 atom stereocenters. The summed E-state index contributed by atoms with van der Waals surface area (Å²) in [6, 6.07) is 8.44. The second kappa shape index (κ2) is 6.01. The highest BCUT2D eigenvalue weighted by Crippen LogP contribution is 2.27. The van der Waals surface area contributed by atoms with E-state index >= 15 is 0 Å². The highest BCUT2D eigenvalue weighted by molar-refractivity contribution is 5.62. The molecule has 0 aliphatic rings. The first-order valence-corrected chi connectivity index (χ1v) is 7.53. The summed E-state index contributed by atoms with van der Waals surface area (Å²) >= 11 is 0. The van der Waals surface area contributed by atoms with E-state index in [-0.39, 0.29) is 0 Å². The van der Waals surface area contributed by atoms with Crippen molar-refractivity contribution < 1.29 is 7.31 Å². The van der Waals surface area contributed by atoms with Gasteiger partial charge in [0, 0.05) is 19.9 Å². The van der Waals surface area contributed by atoms with Crippen molar-refractivity contribution >= 4 is 0 Å². The molecule has 0 saturated carbocycles. The minimum atomic E-state index is -0.603. The Morgan fingerprint density at radius 1 is 0.952 bits per heavy atom. The third-order valence-electron chi connectivity index (χ3n) is 4.10. The number of nitrogens with zero attached hydrogens (tertiary/aromatic N) is 1. The van der Waals surface area contributed by atoms with E-state index in [1.54, 1.807) is 0 Å². The van der Waals surface area contributed by atoms with Crippen molar-refractivity contribution in [2.24, 2.45) is 7.05 Å². The van der Waals surface area contributed by atoms with E-state index in [2.05, 4.69) is 42.8 Å². The van der Waals surface area contributed by atoms with E-state index in [1.165, 1.54) is 11.1 Å². The predicted molar refractivity (Wildman–Crippen MR) is 90.7 cm³/mol. The molecule has 112 valence electrons. The summed E-state index contributed by atoms with van der Waals surface area (Å²) in [5.74, 6) is -1.19. The van der Waals surface area contributed by atoms with Gasteiger partial charge in [-0.3, -0.25) is 0 Å². The number of hydrogen-bond acceptors (Lipinski definition) is 0. The molecule has 1 heterocycles. The molecule has 0 amide bonds. The molecular formula is C20H28N+. The summed E-state index contributed by atoms with van der Waals surface area (Å²) in [7, 11) is 2.03. The van der Waals surface area contributed by atoms with Crippen LogP contribution in [0.25, 0.3) is 11.3 Å². The van der Waals surface area contributed by atoms with Crippen molar-refractivity contribution in [1.29, 1.82) is 0 Å². The number of pyridine rings is 1. The Hall–Kier alpha value is -1.63. The Balaban J connectivity index is 2.58. The monoisotopic (exact) mass is 284 g/mol. The van der Waals surface area contributed by atoms with E-state index in [0.717, 1.165) is 22.4 Å². The lowest BCUT2D eigenvalue weighted by Crippen LogP contribution is -2.32. The Morgan fingerprint density at radius 3 is 2.14 bits per heavy atom. The van der Waals surface area contributed by atoms with Crippen LogP contribution in [-0.4, -0.2) is 0 Å².